The van der Waals surface area contributed by atoms with Crippen molar-refractivity contribution in [1.29, 1.82) is 0 Å². The normalized spacial score (nSPS) is 17.7. The highest BCUT2D eigenvalue weighted by atomic mass is 31.2. The molecule has 0 spiro atoms. The van der Waals surface area contributed by atoms with Crippen molar-refractivity contribution in [3.8, 4) is 11.5 Å². The van der Waals surface area contributed by atoms with Crippen molar-refractivity contribution in [3.63, 3.8) is 0 Å². The van der Waals surface area contributed by atoms with Gasteiger partial charge in [-0.1, -0.05) is 42.5 Å². The zero-order valence-corrected chi connectivity index (χ0v) is 26.6. The van der Waals surface area contributed by atoms with Crippen molar-refractivity contribution in [3.05, 3.63) is 84.4 Å². The predicted octanol–water partition coefficient (Wildman–Crippen LogP) is 6.00. The highest BCUT2D eigenvalue weighted by molar-refractivity contribution is 7.55. The third-order valence-electron chi connectivity index (χ3n) is 7.62. The van der Waals surface area contributed by atoms with Crippen LogP contribution in [0.25, 0.3) is 0 Å². The minimum atomic E-state index is -4.22. The van der Waals surface area contributed by atoms with Gasteiger partial charge in [0.25, 0.3) is 0 Å². The Bertz CT molecular complexity index is 1570. The molecule has 3 aromatic rings. The lowest BCUT2D eigenvalue weighted by Gasteiger charge is -2.34. The lowest BCUT2D eigenvalue weighted by Crippen LogP contribution is -2.49. The number of benzene rings is 3. The number of amides is 4. The molecule has 1 unspecified atom stereocenters. The molecule has 12 nitrogen and oxygen atoms in total. The number of carbonyl (C=O) groups is 4. The molecule has 2 aliphatic rings. The largest absolute Gasteiger partial charge is 0.453 e. The number of anilines is 2. The average molecular weight is 649 g/mol. The summed E-state index contributed by atoms with van der Waals surface area (Å²) in [7, 11) is -4.22. The Hall–Kier alpha value is -4.83. The summed E-state index contributed by atoms with van der Waals surface area (Å²) < 4.78 is 32.7. The number of rotatable bonds is 10. The average Bonchev–Trinajstić information content (AvgIpc) is 3.71. The van der Waals surface area contributed by atoms with Crippen LogP contribution in [0.4, 0.5) is 16.2 Å². The topological polar surface area (TPSA) is 144 Å². The van der Waals surface area contributed by atoms with Crippen LogP contribution in [0.15, 0.2) is 78.9 Å². The van der Waals surface area contributed by atoms with Crippen molar-refractivity contribution >= 4 is 42.8 Å². The van der Waals surface area contributed by atoms with E-state index in [0.717, 1.165) is 5.56 Å². The number of carbonyl (C=O) groups excluding carboxylic acids is 4. The predicted molar refractivity (Wildman–Crippen MR) is 171 cm³/mol. The number of likely N-dealkylation sites (tertiary alicyclic amines) is 2. The van der Waals surface area contributed by atoms with E-state index in [2.05, 4.69) is 10.6 Å². The van der Waals surface area contributed by atoms with Crippen LogP contribution in [-0.2, 0) is 30.3 Å². The van der Waals surface area contributed by atoms with Gasteiger partial charge < -0.3 is 29.3 Å². The Morgan fingerprint density at radius 3 is 1.91 bits per heavy atom. The zero-order chi connectivity index (χ0) is 32.7. The van der Waals surface area contributed by atoms with Gasteiger partial charge in [0, 0.05) is 50.4 Å². The Labute approximate surface area is 267 Å². The number of ether oxygens (including phenoxy) is 1. The van der Waals surface area contributed by atoms with Crippen molar-refractivity contribution < 1.29 is 37.5 Å². The van der Waals surface area contributed by atoms with E-state index < -0.39 is 25.5 Å². The van der Waals surface area contributed by atoms with Gasteiger partial charge in [0.15, 0.2) is 5.78 Å². The van der Waals surface area contributed by atoms with E-state index in [-0.39, 0.29) is 35.8 Å². The first-order chi connectivity index (χ1) is 22.1. The third-order valence-corrected chi connectivity index (χ3v) is 9.82. The second-order valence-electron chi connectivity index (χ2n) is 11.2. The van der Waals surface area contributed by atoms with E-state index in [1.165, 1.54) is 35.8 Å². The number of hydrogen-bond donors (Lipinski definition) is 2. The molecule has 2 fully saturated rings. The van der Waals surface area contributed by atoms with Crippen molar-refractivity contribution in [2.75, 3.05) is 23.7 Å². The molecule has 0 aromatic heterocycles. The first kappa shape index (κ1) is 32.6. The Morgan fingerprint density at radius 1 is 0.761 bits per heavy atom. The molecule has 2 heterocycles. The molecule has 2 N–H and O–H groups in total. The Balaban J connectivity index is 1.40. The first-order valence-electron chi connectivity index (χ1n) is 15.1. The second-order valence-corrected chi connectivity index (χ2v) is 13.2. The van der Waals surface area contributed by atoms with E-state index in [0.29, 0.717) is 50.1 Å². The molecule has 46 heavy (non-hydrogen) atoms. The fraction of sp³-hybridized carbons (Fsp3) is 0.333. The lowest BCUT2D eigenvalue weighted by molar-refractivity contribution is -0.135. The maximum atomic E-state index is 14.9. The summed E-state index contributed by atoms with van der Waals surface area (Å²) in [5, 5.41) is 5.35. The smallest absolute Gasteiger partial charge is 0.445 e. The van der Waals surface area contributed by atoms with Crippen LogP contribution in [0.5, 0.6) is 11.5 Å². The molecule has 0 bridgehead atoms. The van der Waals surface area contributed by atoms with E-state index in [4.69, 9.17) is 13.8 Å². The molecule has 2 atom stereocenters. The molecule has 4 amide bonds. The van der Waals surface area contributed by atoms with Crippen LogP contribution in [0.1, 0.15) is 45.1 Å². The summed E-state index contributed by atoms with van der Waals surface area (Å²) >= 11 is 0. The van der Waals surface area contributed by atoms with Gasteiger partial charge in [-0.25, -0.2) is 9.36 Å². The lowest BCUT2D eigenvalue weighted by atomic mass is 10.2. The summed E-state index contributed by atoms with van der Waals surface area (Å²) in [6.45, 7) is 3.47. The number of hydrogen-bond acceptors (Lipinski definition) is 8. The van der Waals surface area contributed by atoms with Crippen LogP contribution in [0.2, 0.25) is 0 Å². The fourth-order valence-corrected chi connectivity index (χ4v) is 7.84. The van der Waals surface area contributed by atoms with Crippen molar-refractivity contribution in [2.24, 2.45) is 0 Å². The molecular formula is C33H37N4O8P. The molecule has 2 aliphatic heterocycles. The van der Waals surface area contributed by atoms with Crippen LogP contribution < -0.4 is 19.7 Å². The molecule has 242 valence electrons. The highest BCUT2D eigenvalue weighted by Crippen LogP contribution is 2.57. The first-order valence-corrected chi connectivity index (χ1v) is 16.7. The molecule has 13 heteroatoms. The minimum absolute atomic E-state index is 0.0788. The summed E-state index contributed by atoms with van der Waals surface area (Å²) in [5.74, 6) is -1.58. The van der Waals surface area contributed by atoms with E-state index in [1.807, 2.05) is 30.3 Å². The van der Waals surface area contributed by atoms with Crippen LogP contribution in [-0.4, -0.2) is 58.5 Å². The fourth-order valence-electron chi connectivity index (χ4n) is 5.67. The molecule has 5 rings (SSSR count). The minimum Gasteiger partial charge on any atom is -0.445 e. The SMILES string of the molecule is CC(=O)Nc1cccc(OP(=O)(Oc2cccc(NC(C)=O)c2)C2CCCN2C(=O)[C@@H]2CCCN2C(=O)OCc2ccccc2)c1. The molecule has 3 aromatic carbocycles. The standard InChI is InChI=1S/C33H37N4O8P/c1-23(38)34-26-12-6-14-28(20-26)44-46(42,45-29-15-7-13-27(21-29)35-24(2)39)31-17-9-19-37(31)32(40)30-16-8-18-36(30)33(41)43-22-25-10-4-3-5-11-25/h3-7,10-15,20-21,30-31H,8-9,16-19,22H2,1-2H3,(H,34,38)(H,35,39)/t30-,31?/m0/s1. The van der Waals surface area contributed by atoms with Gasteiger partial charge >= 0.3 is 13.7 Å². The molecule has 0 saturated carbocycles. The van der Waals surface area contributed by atoms with Crippen LogP contribution >= 0.6 is 7.60 Å². The van der Waals surface area contributed by atoms with Gasteiger partial charge in [0.05, 0.1) is 0 Å². The number of nitrogens with zero attached hydrogens (tertiary/aromatic N) is 2. The molecule has 0 radical (unpaired) electrons. The van der Waals surface area contributed by atoms with Crippen molar-refractivity contribution in [2.45, 2.75) is 58.0 Å². The van der Waals surface area contributed by atoms with Crippen molar-refractivity contribution in [1.82, 2.24) is 9.80 Å². The summed E-state index contributed by atoms with van der Waals surface area (Å²) in [6.07, 6.45) is 1.33. The molecule has 2 saturated heterocycles. The third kappa shape index (κ3) is 8.06. The van der Waals surface area contributed by atoms with Crippen LogP contribution in [0, 0.1) is 0 Å². The number of nitrogens with one attached hydrogen (secondary N) is 2. The monoisotopic (exact) mass is 648 g/mol. The maximum Gasteiger partial charge on any atom is 0.453 e. The zero-order valence-electron chi connectivity index (χ0n) is 25.7. The molecular weight excluding hydrogens is 611 g/mol. The van der Waals surface area contributed by atoms with Gasteiger partial charge in [-0.3, -0.25) is 19.3 Å². The molecule has 0 aliphatic carbocycles. The van der Waals surface area contributed by atoms with Gasteiger partial charge in [0.1, 0.15) is 24.1 Å². The van der Waals surface area contributed by atoms with E-state index >= 15 is 0 Å². The quantitative estimate of drug-likeness (QED) is 0.255. The Morgan fingerprint density at radius 2 is 1.33 bits per heavy atom. The van der Waals surface area contributed by atoms with Gasteiger partial charge in [0.2, 0.25) is 17.7 Å². The summed E-state index contributed by atoms with van der Waals surface area (Å²) in [6, 6.07) is 21.3. The van der Waals surface area contributed by atoms with Gasteiger partial charge in [-0.15, -0.1) is 0 Å². The van der Waals surface area contributed by atoms with Gasteiger partial charge in [-0.05, 0) is 55.5 Å². The van der Waals surface area contributed by atoms with E-state index in [1.54, 1.807) is 36.4 Å². The van der Waals surface area contributed by atoms with Gasteiger partial charge in [-0.2, -0.15) is 0 Å². The van der Waals surface area contributed by atoms with Crippen LogP contribution in [0.3, 0.4) is 0 Å². The second kappa shape index (κ2) is 14.5. The van der Waals surface area contributed by atoms with E-state index in [9.17, 15) is 23.7 Å². The summed E-state index contributed by atoms with van der Waals surface area (Å²) in [5.41, 5.74) is 1.69. The Kier molecular flexibility index (Phi) is 10.3. The summed E-state index contributed by atoms with van der Waals surface area (Å²) in [4.78, 5) is 53.4. The maximum absolute atomic E-state index is 14.9. The highest BCUT2D eigenvalue weighted by Gasteiger charge is 2.50.